The van der Waals surface area contributed by atoms with Gasteiger partial charge in [-0.05, 0) is 30.5 Å². The van der Waals surface area contributed by atoms with E-state index in [0.717, 1.165) is 18.4 Å². The van der Waals surface area contributed by atoms with Crippen LogP contribution in [-0.4, -0.2) is 23.5 Å². The van der Waals surface area contributed by atoms with Gasteiger partial charge in [0.15, 0.2) is 0 Å². The number of hydrogen-bond acceptors (Lipinski definition) is 2. The molecule has 1 aliphatic carbocycles. The van der Waals surface area contributed by atoms with Crippen molar-refractivity contribution in [3.05, 3.63) is 35.6 Å². The molecule has 1 aliphatic rings. The molecule has 0 aliphatic heterocycles. The average Bonchev–Trinajstić information content (AvgIpc) is 2.95. The Bertz CT molecular complexity index is 521. The summed E-state index contributed by atoms with van der Waals surface area (Å²) in [5.74, 6) is -2.04. The largest absolute Gasteiger partial charge is 0.481 e. The highest BCUT2D eigenvalue weighted by Gasteiger charge is 2.42. The summed E-state index contributed by atoms with van der Waals surface area (Å²) in [7, 11) is 0. The molecule has 21 heavy (non-hydrogen) atoms. The number of amides is 1. The van der Waals surface area contributed by atoms with Gasteiger partial charge in [0.25, 0.3) is 0 Å². The first-order valence-electron chi connectivity index (χ1n) is 7.23. The highest BCUT2D eigenvalue weighted by atomic mass is 19.1. The number of nitrogens with one attached hydrogen (secondary N) is 1. The van der Waals surface area contributed by atoms with E-state index in [9.17, 15) is 14.0 Å². The Morgan fingerprint density at radius 3 is 2.38 bits per heavy atom. The Hall–Kier alpha value is -1.91. The second-order valence-corrected chi connectivity index (χ2v) is 5.75. The van der Waals surface area contributed by atoms with Crippen LogP contribution in [-0.2, 0) is 15.0 Å². The molecule has 1 fully saturated rings. The molecule has 0 bridgehead atoms. The summed E-state index contributed by atoms with van der Waals surface area (Å²) in [6, 6.07) is 6.03. The van der Waals surface area contributed by atoms with E-state index in [2.05, 4.69) is 5.32 Å². The van der Waals surface area contributed by atoms with Crippen molar-refractivity contribution in [2.24, 2.45) is 5.92 Å². The Morgan fingerprint density at radius 1 is 1.29 bits per heavy atom. The van der Waals surface area contributed by atoms with Crippen LogP contribution in [0.5, 0.6) is 0 Å². The van der Waals surface area contributed by atoms with E-state index in [-0.39, 0.29) is 18.3 Å². The molecule has 114 valence electrons. The third-order valence-corrected chi connectivity index (χ3v) is 4.28. The summed E-state index contributed by atoms with van der Waals surface area (Å²) in [5.41, 5.74) is 0.160. The molecule has 2 N–H and O–H groups in total. The second-order valence-electron chi connectivity index (χ2n) is 5.75. The second kappa shape index (κ2) is 6.24. The van der Waals surface area contributed by atoms with Crippen molar-refractivity contribution in [3.8, 4) is 0 Å². The van der Waals surface area contributed by atoms with E-state index < -0.39 is 17.3 Å². The molecule has 0 radical (unpaired) electrons. The molecule has 1 saturated carbocycles. The Morgan fingerprint density at radius 2 is 1.86 bits per heavy atom. The van der Waals surface area contributed by atoms with Gasteiger partial charge in [-0.2, -0.15) is 0 Å². The lowest BCUT2D eigenvalue weighted by Crippen LogP contribution is -2.44. The van der Waals surface area contributed by atoms with Crippen LogP contribution in [0.4, 0.5) is 4.39 Å². The van der Waals surface area contributed by atoms with E-state index in [0.29, 0.717) is 12.8 Å². The average molecular weight is 293 g/mol. The van der Waals surface area contributed by atoms with Crippen LogP contribution in [0.1, 0.15) is 38.2 Å². The predicted molar refractivity (Wildman–Crippen MR) is 76.4 cm³/mol. The molecule has 1 atom stereocenters. The van der Waals surface area contributed by atoms with E-state index >= 15 is 0 Å². The van der Waals surface area contributed by atoms with Gasteiger partial charge in [0.05, 0.1) is 11.3 Å². The zero-order valence-corrected chi connectivity index (χ0v) is 12.1. The summed E-state index contributed by atoms with van der Waals surface area (Å²) in [6.07, 6.45) is 3.32. The number of carboxylic acids is 1. The maximum atomic E-state index is 13.1. The lowest BCUT2D eigenvalue weighted by Gasteiger charge is -2.28. The topological polar surface area (TPSA) is 66.4 Å². The van der Waals surface area contributed by atoms with Crippen LogP contribution in [0.2, 0.25) is 0 Å². The van der Waals surface area contributed by atoms with Gasteiger partial charge in [0.2, 0.25) is 5.91 Å². The highest BCUT2D eigenvalue weighted by Crippen LogP contribution is 2.41. The fourth-order valence-electron chi connectivity index (χ4n) is 2.90. The normalized spacial score (nSPS) is 18.2. The quantitative estimate of drug-likeness (QED) is 0.876. The number of carbonyl (C=O) groups is 2. The molecular formula is C16H20FNO3. The molecule has 0 saturated heterocycles. The van der Waals surface area contributed by atoms with Gasteiger partial charge in [0, 0.05) is 6.54 Å². The fraction of sp³-hybridized carbons (Fsp3) is 0.500. The first-order chi connectivity index (χ1) is 9.95. The van der Waals surface area contributed by atoms with Crippen molar-refractivity contribution in [1.82, 2.24) is 5.32 Å². The highest BCUT2D eigenvalue weighted by molar-refractivity contribution is 5.89. The van der Waals surface area contributed by atoms with Gasteiger partial charge in [-0.1, -0.05) is 31.9 Å². The number of benzene rings is 1. The van der Waals surface area contributed by atoms with Crippen LogP contribution >= 0.6 is 0 Å². The molecule has 0 heterocycles. The van der Waals surface area contributed by atoms with Gasteiger partial charge in [0.1, 0.15) is 5.82 Å². The van der Waals surface area contributed by atoms with Crippen molar-refractivity contribution in [2.75, 3.05) is 6.54 Å². The summed E-state index contributed by atoms with van der Waals surface area (Å²) in [6.45, 7) is 1.67. The predicted octanol–water partition coefficient (Wildman–Crippen LogP) is 2.47. The molecule has 0 aromatic heterocycles. The number of aliphatic carboxylic acids is 1. The molecule has 0 spiro atoms. The van der Waals surface area contributed by atoms with E-state index in [4.69, 9.17) is 5.11 Å². The third kappa shape index (κ3) is 3.23. The van der Waals surface area contributed by atoms with Gasteiger partial charge in [-0.3, -0.25) is 9.59 Å². The van der Waals surface area contributed by atoms with Crippen LogP contribution in [0.15, 0.2) is 24.3 Å². The summed E-state index contributed by atoms with van der Waals surface area (Å²) < 4.78 is 13.1. The lowest BCUT2D eigenvalue weighted by molar-refractivity contribution is -0.141. The minimum atomic E-state index is -0.933. The first-order valence-corrected chi connectivity index (χ1v) is 7.23. The minimum Gasteiger partial charge on any atom is -0.481 e. The van der Waals surface area contributed by atoms with E-state index in [1.807, 2.05) is 0 Å². The molecule has 1 aromatic rings. The van der Waals surface area contributed by atoms with Gasteiger partial charge >= 0.3 is 5.97 Å². The Kier molecular flexibility index (Phi) is 4.60. The maximum Gasteiger partial charge on any atom is 0.308 e. The van der Waals surface area contributed by atoms with Crippen molar-refractivity contribution in [1.29, 1.82) is 0 Å². The van der Waals surface area contributed by atoms with Crippen molar-refractivity contribution < 1.29 is 19.1 Å². The molecule has 2 rings (SSSR count). The fourth-order valence-corrected chi connectivity index (χ4v) is 2.90. The Balaban J connectivity index is 2.16. The van der Waals surface area contributed by atoms with Gasteiger partial charge in [-0.15, -0.1) is 0 Å². The Labute approximate surface area is 123 Å². The summed E-state index contributed by atoms with van der Waals surface area (Å²) in [5, 5.41) is 11.6. The van der Waals surface area contributed by atoms with Crippen LogP contribution in [0, 0.1) is 11.7 Å². The third-order valence-electron chi connectivity index (χ3n) is 4.28. The molecule has 4 nitrogen and oxygen atoms in total. The van der Waals surface area contributed by atoms with Crippen LogP contribution < -0.4 is 5.32 Å². The molecule has 5 heteroatoms. The molecule has 1 aromatic carbocycles. The zero-order chi connectivity index (χ0) is 15.5. The standard InChI is InChI=1S/C16H20FNO3/c1-11(14(19)20)10-18-15(21)16(8-2-3-9-16)12-4-6-13(17)7-5-12/h4-7,11H,2-3,8-10H2,1H3,(H,18,21)(H,19,20). The maximum absolute atomic E-state index is 13.1. The van der Waals surface area contributed by atoms with Crippen molar-refractivity contribution in [3.63, 3.8) is 0 Å². The van der Waals surface area contributed by atoms with Gasteiger partial charge < -0.3 is 10.4 Å². The van der Waals surface area contributed by atoms with E-state index in [1.54, 1.807) is 19.1 Å². The van der Waals surface area contributed by atoms with Crippen LogP contribution in [0.3, 0.4) is 0 Å². The first kappa shape index (κ1) is 15.5. The summed E-state index contributed by atoms with van der Waals surface area (Å²) in [4.78, 5) is 23.4. The monoisotopic (exact) mass is 293 g/mol. The van der Waals surface area contributed by atoms with E-state index in [1.165, 1.54) is 12.1 Å². The number of carboxylic acid groups (broad SMARTS) is 1. The van der Waals surface area contributed by atoms with Crippen molar-refractivity contribution in [2.45, 2.75) is 38.0 Å². The number of hydrogen-bond donors (Lipinski definition) is 2. The number of rotatable bonds is 5. The van der Waals surface area contributed by atoms with Crippen LogP contribution in [0.25, 0.3) is 0 Å². The molecule has 1 amide bonds. The number of carbonyl (C=O) groups excluding carboxylic acids is 1. The van der Waals surface area contributed by atoms with Crippen molar-refractivity contribution >= 4 is 11.9 Å². The lowest BCUT2D eigenvalue weighted by atomic mass is 9.78. The molecule has 1 unspecified atom stereocenters. The summed E-state index contributed by atoms with van der Waals surface area (Å²) >= 11 is 0. The SMILES string of the molecule is CC(CNC(=O)C1(c2ccc(F)cc2)CCCC1)C(=O)O. The smallest absolute Gasteiger partial charge is 0.308 e. The zero-order valence-electron chi connectivity index (χ0n) is 12.1. The van der Waals surface area contributed by atoms with Gasteiger partial charge in [-0.25, -0.2) is 4.39 Å². The number of halogens is 1. The molecular weight excluding hydrogens is 273 g/mol. The minimum absolute atomic E-state index is 0.108.